The van der Waals surface area contributed by atoms with Gasteiger partial charge in [-0.25, -0.2) is 9.38 Å². The third-order valence-corrected chi connectivity index (χ3v) is 3.61. The second-order valence-electron chi connectivity index (χ2n) is 4.24. The third kappa shape index (κ3) is 3.35. The first-order valence-electron chi connectivity index (χ1n) is 6.16. The van der Waals surface area contributed by atoms with Gasteiger partial charge >= 0.3 is 0 Å². The van der Waals surface area contributed by atoms with Crippen molar-refractivity contribution in [3.63, 3.8) is 0 Å². The Morgan fingerprint density at radius 3 is 2.76 bits per heavy atom. The average molecular weight is 299 g/mol. The minimum absolute atomic E-state index is 0.216. The number of nitrogens with zero attached hydrogens (tertiary/aromatic N) is 2. The maximum Gasteiger partial charge on any atom is 0.264 e. The van der Waals surface area contributed by atoms with Crippen molar-refractivity contribution in [2.45, 2.75) is 0 Å². The van der Waals surface area contributed by atoms with Crippen molar-refractivity contribution in [2.24, 2.45) is 4.99 Å². The standard InChI is InChI=1S/C15H10FN3OS/c16-11-5-3-10(4-6-11)8-13-14(20)19-15(21-13)18-12-2-1-7-17-9-12/h1-9H,(H,18,19,20)/b13-8-. The molecule has 21 heavy (non-hydrogen) atoms. The van der Waals surface area contributed by atoms with E-state index in [1.54, 1.807) is 42.7 Å². The van der Waals surface area contributed by atoms with E-state index in [0.29, 0.717) is 15.8 Å². The topological polar surface area (TPSA) is 54.4 Å². The van der Waals surface area contributed by atoms with E-state index in [0.717, 1.165) is 5.56 Å². The van der Waals surface area contributed by atoms with Gasteiger partial charge in [-0.2, -0.15) is 0 Å². The number of carbonyl (C=O) groups excluding carboxylic acids is 1. The van der Waals surface area contributed by atoms with Gasteiger partial charge in [0.2, 0.25) is 0 Å². The van der Waals surface area contributed by atoms with Gasteiger partial charge < -0.3 is 5.32 Å². The van der Waals surface area contributed by atoms with Crippen molar-refractivity contribution in [2.75, 3.05) is 0 Å². The Balaban J connectivity index is 1.82. The quantitative estimate of drug-likeness (QED) is 0.867. The van der Waals surface area contributed by atoms with Crippen LogP contribution in [-0.4, -0.2) is 16.1 Å². The maximum absolute atomic E-state index is 12.9. The Labute approximate surface area is 124 Å². The first-order valence-corrected chi connectivity index (χ1v) is 6.97. The molecule has 1 aromatic carbocycles. The molecule has 104 valence electrons. The normalized spacial score (nSPS) is 18.2. The van der Waals surface area contributed by atoms with Crippen LogP contribution in [0.4, 0.5) is 10.1 Å². The number of hydrogen-bond acceptors (Lipinski definition) is 4. The summed E-state index contributed by atoms with van der Waals surface area (Å²) in [7, 11) is 0. The Kier molecular flexibility index (Phi) is 3.79. The fourth-order valence-corrected chi connectivity index (χ4v) is 2.57. The lowest BCUT2D eigenvalue weighted by Crippen LogP contribution is -2.19. The van der Waals surface area contributed by atoms with Crippen LogP contribution in [-0.2, 0) is 4.79 Å². The van der Waals surface area contributed by atoms with Crippen LogP contribution in [0.25, 0.3) is 6.08 Å². The summed E-state index contributed by atoms with van der Waals surface area (Å²) in [5.41, 5.74) is 1.43. The first-order chi connectivity index (χ1) is 10.2. The van der Waals surface area contributed by atoms with Gasteiger partial charge in [-0.05, 0) is 47.7 Å². The maximum atomic E-state index is 12.9. The van der Waals surface area contributed by atoms with Crippen molar-refractivity contribution in [3.8, 4) is 0 Å². The highest BCUT2D eigenvalue weighted by molar-refractivity contribution is 8.18. The molecule has 2 aromatic rings. The number of rotatable bonds is 2. The molecule has 1 saturated heterocycles. The molecule has 1 fully saturated rings. The van der Waals surface area contributed by atoms with Gasteiger partial charge in [0, 0.05) is 6.20 Å². The van der Waals surface area contributed by atoms with Crippen molar-refractivity contribution in [1.29, 1.82) is 0 Å². The van der Waals surface area contributed by atoms with E-state index in [9.17, 15) is 9.18 Å². The minimum Gasteiger partial charge on any atom is -0.300 e. The molecule has 1 aliphatic heterocycles. The lowest BCUT2D eigenvalue weighted by molar-refractivity contribution is -0.115. The molecule has 0 aliphatic carbocycles. The predicted molar refractivity (Wildman–Crippen MR) is 81.4 cm³/mol. The second kappa shape index (κ2) is 5.88. The fourth-order valence-electron chi connectivity index (χ4n) is 1.73. The molecule has 0 spiro atoms. The van der Waals surface area contributed by atoms with E-state index in [-0.39, 0.29) is 11.7 Å². The number of halogens is 1. The molecule has 2 heterocycles. The monoisotopic (exact) mass is 299 g/mol. The molecule has 0 unspecified atom stereocenters. The number of amides is 1. The summed E-state index contributed by atoms with van der Waals surface area (Å²) in [5, 5.41) is 3.19. The number of nitrogens with one attached hydrogen (secondary N) is 1. The molecule has 0 atom stereocenters. The smallest absolute Gasteiger partial charge is 0.264 e. The minimum atomic E-state index is -0.306. The van der Waals surface area contributed by atoms with Gasteiger partial charge in [-0.3, -0.25) is 9.78 Å². The molecule has 1 aliphatic rings. The number of amidine groups is 1. The highest BCUT2D eigenvalue weighted by Gasteiger charge is 2.23. The Morgan fingerprint density at radius 1 is 1.24 bits per heavy atom. The zero-order chi connectivity index (χ0) is 14.7. The number of pyridine rings is 1. The SMILES string of the molecule is O=C1NC(=Nc2cccnc2)S/C1=C\c1ccc(F)cc1. The molecular weight excluding hydrogens is 289 g/mol. The second-order valence-corrected chi connectivity index (χ2v) is 5.28. The molecule has 0 saturated carbocycles. The summed E-state index contributed by atoms with van der Waals surface area (Å²) < 4.78 is 12.9. The van der Waals surface area contributed by atoms with Gasteiger partial charge in [-0.15, -0.1) is 0 Å². The summed E-state index contributed by atoms with van der Waals surface area (Å²) >= 11 is 1.24. The molecule has 1 N–H and O–H groups in total. The predicted octanol–water partition coefficient (Wildman–Crippen LogP) is 3.11. The number of aromatic nitrogens is 1. The van der Waals surface area contributed by atoms with Crippen LogP contribution >= 0.6 is 11.8 Å². The summed E-state index contributed by atoms with van der Waals surface area (Å²) in [4.78, 5) is 20.7. The number of aliphatic imine (C=N–C) groups is 1. The van der Waals surface area contributed by atoms with Crippen molar-refractivity contribution in [3.05, 3.63) is 65.1 Å². The van der Waals surface area contributed by atoms with Crippen molar-refractivity contribution >= 4 is 34.6 Å². The van der Waals surface area contributed by atoms with Crippen LogP contribution in [0.3, 0.4) is 0 Å². The summed E-state index contributed by atoms with van der Waals surface area (Å²) in [5.74, 6) is -0.522. The summed E-state index contributed by atoms with van der Waals surface area (Å²) in [6.45, 7) is 0. The molecule has 1 aromatic heterocycles. The summed E-state index contributed by atoms with van der Waals surface area (Å²) in [6, 6.07) is 9.52. The largest absolute Gasteiger partial charge is 0.300 e. The third-order valence-electron chi connectivity index (χ3n) is 2.70. The van der Waals surface area contributed by atoms with Gasteiger partial charge in [-0.1, -0.05) is 12.1 Å². The van der Waals surface area contributed by atoms with Crippen LogP contribution in [0.2, 0.25) is 0 Å². The van der Waals surface area contributed by atoms with E-state index in [1.165, 1.54) is 23.9 Å². The van der Waals surface area contributed by atoms with Gasteiger partial charge in [0.15, 0.2) is 5.17 Å². The van der Waals surface area contributed by atoms with Crippen molar-refractivity contribution in [1.82, 2.24) is 10.3 Å². The molecule has 0 bridgehead atoms. The lowest BCUT2D eigenvalue weighted by Gasteiger charge is -1.95. The molecule has 1 amide bonds. The number of benzene rings is 1. The number of hydrogen-bond donors (Lipinski definition) is 1. The Bertz CT molecular complexity index is 726. The Hall–Kier alpha value is -2.47. The van der Waals surface area contributed by atoms with Crippen LogP contribution in [0.5, 0.6) is 0 Å². The highest BCUT2D eigenvalue weighted by Crippen LogP contribution is 2.27. The summed E-state index contributed by atoms with van der Waals surface area (Å²) in [6.07, 6.45) is 4.97. The van der Waals surface area contributed by atoms with E-state index in [1.807, 2.05) is 0 Å². The molecule has 6 heteroatoms. The lowest BCUT2D eigenvalue weighted by atomic mass is 10.2. The number of carbonyl (C=O) groups is 1. The molecule has 3 rings (SSSR count). The Morgan fingerprint density at radius 2 is 2.05 bits per heavy atom. The number of thioether (sulfide) groups is 1. The average Bonchev–Trinajstić information content (AvgIpc) is 2.82. The first kappa shape index (κ1) is 13.5. The fraction of sp³-hybridized carbons (Fsp3) is 0. The van der Waals surface area contributed by atoms with Gasteiger partial charge in [0.1, 0.15) is 5.82 Å². The van der Waals surface area contributed by atoms with Crippen LogP contribution in [0.1, 0.15) is 5.56 Å². The zero-order valence-electron chi connectivity index (χ0n) is 10.8. The zero-order valence-corrected chi connectivity index (χ0v) is 11.6. The van der Waals surface area contributed by atoms with Crippen LogP contribution < -0.4 is 5.32 Å². The van der Waals surface area contributed by atoms with Crippen molar-refractivity contribution < 1.29 is 9.18 Å². The molecule has 0 radical (unpaired) electrons. The van der Waals surface area contributed by atoms with E-state index in [2.05, 4.69) is 15.3 Å². The van der Waals surface area contributed by atoms with Crippen LogP contribution in [0, 0.1) is 5.82 Å². The van der Waals surface area contributed by atoms with Crippen LogP contribution in [0.15, 0.2) is 58.7 Å². The molecule has 4 nitrogen and oxygen atoms in total. The van der Waals surface area contributed by atoms with E-state index in [4.69, 9.17) is 0 Å². The molecular formula is C15H10FN3OS. The van der Waals surface area contributed by atoms with Gasteiger partial charge in [0.05, 0.1) is 16.8 Å². The van der Waals surface area contributed by atoms with E-state index >= 15 is 0 Å². The highest BCUT2D eigenvalue weighted by atomic mass is 32.2. The van der Waals surface area contributed by atoms with Gasteiger partial charge in [0.25, 0.3) is 5.91 Å². The van der Waals surface area contributed by atoms with E-state index < -0.39 is 0 Å².